The minimum Gasteiger partial charge on any atom is -0.399 e. The number of aliphatic hydroxyl groups excluding tert-OH is 1. The Morgan fingerprint density at radius 1 is 1.53 bits per heavy atom. The minimum absolute atomic E-state index is 0.0213. The fourth-order valence-electron chi connectivity index (χ4n) is 1.56. The van der Waals surface area contributed by atoms with Gasteiger partial charge in [-0.2, -0.15) is 9.57 Å². The molecule has 0 saturated carbocycles. The molecule has 1 aromatic carbocycles. The van der Waals surface area contributed by atoms with E-state index in [1.54, 1.807) is 0 Å². The fraction of sp³-hybridized carbons (Fsp3) is 0.250. The summed E-state index contributed by atoms with van der Waals surface area (Å²) in [5.41, 5.74) is 5.82. The van der Waals surface area contributed by atoms with Crippen molar-refractivity contribution in [3.63, 3.8) is 0 Å². The first-order chi connectivity index (χ1) is 8.97. The van der Waals surface area contributed by atoms with Gasteiger partial charge in [0.25, 0.3) is 0 Å². The third-order valence-corrected chi connectivity index (χ3v) is 4.35. The number of nitrogens with zero attached hydrogens (tertiary/aromatic N) is 2. The van der Waals surface area contributed by atoms with E-state index in [0.29, 0.717) is 5.69 Å². The lowest BCUT2D eigenvalue weighted by Crippen LogP contribution is -2.34. The van der Waals surface area contributed by atoms with Crippen LogP contribution in [-0.2, 0) is 10.0 Å². The molecule has 0 aliphatic carbocycles. The number of rotatable bonds is 6. The molecule has 0 aromatic heterocycles. The SMILES string of the molecule is C=CCN(CCO)S(=O)(=O)c1ccc(N)cc1C#N. The summed E-state index contributed by atoms with van der Waals surface area (Å²) >= 11 is 0. The summed E-state index contributed by atoms with van der Waals surface area (Å²) in [7, 11) is -3.86. The van der Waals surface area contributed by atoms with E-state index in [0.717, 1.165) is 4.31 Å². The van der Waals surface area contributed by atoms with Gasteiger partial charge in [-0.15, -0.1) is 6.58 Å². The number of nitriles is 1. The van der Waals surface area contributed by atoms with Gasteiger partial charge in [-0.1, -0.05) is 6.08 Å². The van der Waals surface area contributed by atoms with Crippen molar-refractivity contribution >= 4 is 15.7 Å². The molecule has 19 heavy (non-hydrogen) atoms. The average Bonchev–Trinajstić information content (AvgIpc) is 2.38. The van der Waals surface area contributed by atoms with Gasteiger partial charge in [0.15, 0.2) is 0 Å². The predicted molar refractivity (Wildman–Crippen MR) is 71.6 cm³/mol. The molecular weight excluding hydrogens is 266 g/mol. The van der Waals surface area contributed by atoms with E-state index in [-0.39, 0.29) is 30.2 Å². The molecule has 102 valence electrons. The second-order valence-electron chi connectivity index (χ2n) is 3.74. The van der Waals surface area contributed by atoms with E-state index in [1.807, 2.05) is 6.07 Å². The topological polar surface area (TPSA) is 107 Å². The van der Waals surface area contributed by atoms with Crippen molar-refractivity contribution in [3.05, 3.63) is 36.4 Å². The Morgan fingerprint density at radius 3 is 2.74 bits per heavy atom. The second kappa shape index (κ2) is 6.33. The largest absolute Gasteiger partial charge is 0.399 e. The molecule has 0 bridgehead atoms. The average molecular weight is 281 g/mol. The van der Waals surface area contributed by atoms with Crippen molar-refractivity contribution < 1.29 is 13.5 Å². The highest BCUT2D eigenvalue weighted by Crippen LogP contribution is 2.21. The van der Waals surface area contributed by atoms with Gasteiger partial charge in [0.1, 0.15) is 11.0 Å². The summed E-state index contributed by atoms with van der Waals surface area (Å²) in [6, 6.07) is 5.81. The van der Waals surface area contributed by atoms with E-state index >= 15 is 0 Å². The Morgan fingerprint density at radius 2 is 2.21 bits per heavy atom. The predicted octanol–water partition coefficient (Wildman–Crippen LogP) is 0.309. The van der Waals surface area contributed by atoms with Crippen LogP contribution >= 0.6 is 0 Å². The molecule has 0 unspecified atom stereocenters. The number of nitrogens with two attached hydrogens (primary N) is 1. The van der Waals surface area contributed by atoms with Crippen molar-refractivity contribution in [1.82, 2.24) is 4.31 Å². The van der Waals surface area contributed by atoms with Crippen LogP contribution in [0.3, 0.4) is 0 Å². The summed E-state index contributed by atoms with van der Waals surface area (Å²) in [5.74, 6) is 0. The van der Waals surface area contributed by atoms with Crippen molar-refractivity contribution in [2.45, 2.75) is 4.90 Å². The van der Waals surface area contributed by atoms with Gasteiger partial charge in [0, 0.05) is 18.8 Å². The van der Waals surface area contributed by atoms with E-state index in [1.165, 1.54) is 24.3 Å². The van der Waals surface area contributed by atoms with Gasteiger partial charge in [-0.3, -0.25) is 0 Å². The molecule has 0 aliphatic rings. The molecule has 0 fully saturated rings. The zero-order chi connectivity index (χ0) is 14.5. The molecule has 7 heteroatoms. The van der Waals surface area contributed by atoms with Crippen molar-refractivity contribution in [3.8, 4) is 6.07 Å². The maximum absolute atomic E-state index is 12.4. The molecule has 0 radical (unpaired) electrons. The smallest absolute Gasteiger partial charge is 0.244 e. The van der Waals surface area contributed by atoms with E-state index in [4.69, 9.17) is 16.1 Å². The van der Waals surface area contributed by atoms with Gasteiger partial charge in [0.2, 0.25) is 10.0 Å². The summed E-state index contributed by atoms with van der Waals surface area (Å²) in [4.78, 5) is -0.125. The Balaban J connectivity index is 3.33. The molecule has 3 N–H and O–H groups in total. The number of aliphatic hydroxyl groups is 1. The maximum atomic E-state index is 12.4. The minimum atomic E-state index is -3.86. The number of nitrogen functional groups attached to an aromatic ring is 1. The Labute approximate surface area is 112 Å². The van der Waals surface area contributed by atoms with Crippen LogP contribution in [0, 0.1) is 11.3 Å². The Bertz CT molecular complexity index is 605. The van der Waals surface area contributed by atoms with E-state index in [9.17, 15) is 8.42 Å². The highest BCUT2D eigenvalue weighted by Gasteiger charge is 2.25. The first kappa shape index (κ1) is 15.2. The number of hydrogen-bond acceptors (Lipinski definition) is 5. The molecule has 0 aliphatic heterocycles. The van der Waals surface area contributed by atoms with Crippen LogP contribution in [0.4, 0.5) is 5.69 Å². The summed E-state index contributed by atoms with van der Waals surface area (Å²) < 4.78 is 25.8. The molecular formula is C12H15N3O3S. The Kier molecular flexibility index (Phi) is 5.06. The fourth-order valence-corrected chi connectivity index (χ4v) is 3.09. The van der Waals surface area contributed by atoms with Crippen LogP contribution in [0.2, 0.25) is 0 Å². The number of sulfonamides is 1. The van der Waals surface area contributed by atoms with Crippen LogP contribution in [0.1, 0.15) is 5.56 Å². The summed E-state index contributed by atoms with van der Waals surface area (Å²) in [6.07, 6.45) is 1.41. The van der Waals surface area contributed by atoms with E-state index in [2.05, 4.69) is 6.58 Å². The molecule has 1 rings (SSSR count). The van der Waals surface area contributed by atoms with Gasteiger partial charge >= 0.3 is 0 Å². The van der Waals surface area contributed by atoms with Gasteiger partial charge in [0.05, 0.1) is 12.2 Å². The third kappa shape index (κ3) is 3.32. The van der Waals surface area contributed by atoms with Crippen molar-refractivity contribution in [2.75, 3.05) is 25.4 Å². The molecule has 0 saturated heterocycles. The van der Waals surface area contributed by atoms with Gasteiger partial charge < -0.3 is 10.8 Å². The molecule has 0 heterocycles. The Hall–Kier alpha value is -1.88. The highest BCUT2D eigenvalue weighted by atomic mass is 32.2. The lowest BCUT2D eigenvalue weighted by atomic mass is 10.2. The standard InChI is InChI=1S/C12H15N3O3S/c1-2-5-15(6-7-16)19(17,18)12-4-3-11(14)8-10(12)9-13/h2-4,8,16H,1,5-7,14H2. The lowest BCUT2D eigenvalue weighted by molar-refractivity contribution is 0.260. The zero-order valence-corrected chi connectivity index (χ0v) is 11.1. The summed E-state index contributed by atoms with van der Waals surface area (Å²) in [6.45, 7) is 3.15. The van der Waals surface area contributed by atoms with Crippen molar-refractivity contribution in [2.24, 2.45) is 0 Å². The maximum Gasteiger partial charge on any atom is 0.244 e. The van der Waals surface area contributed by atoms with Gasteiger partial charge in [-0.25, -0.2) is 8.42 Å². The van der Waals surface area contributed by atoms with Crippen LogP contribution in [0.25, 0.3) is 0 Å². The van der Waals surface area contributed by atoms with Crippen molar-refractivity contribution in [1.29, 1.82) is 5.26 Å². The molecule has 0 atom stereocenters. The zero-order valence-electron chi connectivity index (χ0n) is 10.3. The molecule has 6 nitrogen and oxygen atoms in total. The van der Waals surface area contributed by atoms with Crippen LogP contribution in [0.5, 0.6) is 0 Å². The molecule has 1 aromatic rings. The lowest BCUT2D eigenvalue weighted by Gasteiger charge is -2.20. The highest BCUT2D eigenvalue weighted by molar-refractivity contribution is 7.89. The molecule has 0 spiro atoms. The van der Waals surface area contributed by atoms with Crippen LogP contribution < -0.4 is 5.73 Å². The van der Waals surface area contributed by atoms with Crippen LogP contribution in [0.15, 0.2) is 35.7 Å². The number of hydrogen-bond donors (Lipinski definition) is 2. The van der Waals surface area contributed by atoms with Crippen LogP contribution in [-0.4, -0.2) is 37.5 Å². The third-order valence-electron chi connectivity index (χ3n) is 2.42. The first-order valence-electron chi connectivity index (χ1n) is 5.49. The second-order valence-corrected chi connectivity index (χ2v) is 5.65. The summed E-state index contributed by atoms with van der Waals surface area (Å²) in [5, 5.41) is 17.9. The quantitative estimate of drug-likeness (QED) is 0.576. The van der Waals surface area contributed by atoms with E-state index < -0.39 is 10.0 Å². The first-order valence-corrected chi connectivity index (χ1v) is 6.93. The number of benzene rings is 1. The normalized spacial score (nSPS) is 11.2. The van der Waals surface area contributed by atoms with Gasteiger partial charge in [-0.05, 0) is 18.2 Å². The molecule has 0 amide bonds. The number of anilines is 1. The monoisotopic (exact) mass is 281 g/mol.